The van der Waals surface area contributed by atoms with Gasteiger partial charge in [0.1, 0.15) is 5.65 Å². The zero-order valence-electron chi connectivity index (χ0n) is 9.64. The highest BCUT2D eigenvalue weighted by atomic mass is 16.5. The Kier molecular flexibility index (Phi) is 2.91. The maximum atomic E-state index is 11.5. The Bertz CT molecular complexity index is 587. The fourth-order valence-corrected chi connectivity index (χ4v) is 1.57. The Morgan fingerprint density at radius 1 is 1.53 bits per heavy atom. The third-order valence-corrected chi connectivity index (χ3v) is 2.45. The second-order valence-electron chi connectivity index (χ2n) is 3.64. The summed E-state index contributed by atoms with van der Waals surface area (Å²) in [6.45, 7) is 3.87. The van der Waals surface area contributed by atoms with Gasteiger partial charge < -0.3 is 9.14 Å². The lowest BCUT2D eigenvalue weighted by Gasteiger charge is -1.98. The first-order chi connectivity index (χ1) is 8.15. The maximum absolute atomic E-state index is 11.5. The summed E-state index contributed by atoms with van der Waals surface area (Å²) in [6.07, 6.45) is 3.98. The topological polar surface area (TPSA) is 60.7 Å². The lowest BCUT2D eigenvalue weighted by atomic mass is 10.2. The molecule has 0 atom stereocenters. The van der Waals surface area contributed by atoms with Crippen LogP contribution in [-0.4, -0.2) is 28.2 Å². The van der Waals surface area contributed by atoms with E-state index in [9.17, 15) is 9.59 Å². The Morgan fingerprint density at radius 3 is 2.94 bits per heavy atom. The van der Waals surface area contributed by atoms with Crippen molar-refractivity contribution in [3.05, 3.63) is 35.3 Å². The fourth-order valence-electron chi connectivity index (χ4n) is 1.57. The Balaban J connectivity index is 2.50. The fraction of sp³-hybridized carbons (Fsp3) is 0.250. The molecule has 17 heavy (non-hydrogen) atoms. The highest BCUT2D eigenvalue weighted by Gasteiger charge is 2.12. The lowest BCUT2D eigenvalue weighted by Crippen LogP contribution is -2.04. The molecule has 2 rings (SSSR count). The maximum Gasteiger partial charge on any atom is 0.358 e. The highest BCUT2D eigenvalue weighted by Crippen LogP contribution is 2.12. The molecular weight excluding hydrogens is 220 g/mol. The van der Waals surface area contributed by atoms with Crippen LogP contribution in [0.2, 0.25) is 0 Å². The van der Waals surface area contributed by atoms with E-state index in [1.807, 2.05) is 6.92 Å². The van der Waals surface area contributed by atoms with E-state index in [4.69, 9.17) is 4.74 Å². The number of hydrogen-bond acceptors (Lipinski definition) is 4. The number of esters is 1. The number of hydrogen-bond donors (Lipinski definition) is 0. The van der Waals surface area contributed by atoms with Gasteiger partial charge >= 0.3 is 5.97 Å². The Hall–Kier alpha value is -2.17. The quantitative estimate of drug-likeness (QED) is 0.596. The third kappa shape index (κ3) is 2.04. The summed E-state index contributed by atoms with van der Waals surface area (Å²) in [4.78, 5) is 26.4. The minimum absolute atomic E-state index is 0.245. The Labute approximate surface area is 98.0 Å². The number of aldehydes is 1. The predicted molar refractivity (Wildman–Crippen MR) is 61.3 cm³/mol. The number of carbonyl (C=O) groups excluding carboxylic acids is 2. The van der Waals surface area contributed by atoms with E-state index in [-0.39, 0.29) is 5.69 Å². The number of nitrogens with zero attached hydrogens (tertiary/aromatic N) is 2. The highest BCUT2D eigenvalue weighted by molar-refractivity contribution is 5.88. The summed E-state index contributed by atoms with van der Waals surface area (Å²) in [6, 6.07) is 1.76. The first-order valence-electron chi connectivity index (χ1n) is 5.27. The van der Waals surface area contributed by atoms with Crippen LogP contribution in [0.3, 0.4) is 0 Å². The van der Waals surface area contributed by atoms with Crippen LogP contribution in [0.5, 0.6) is 0 Å². The number of aryl methyl sites for hydroxylation is 1. The molecule has 0 aliphatic heterocycles. The van der Waals surface area contributed by atoms with E-state index in [1.165, 1.54) is 0 Å². The van der Waals surface area contributed by atoms with Gasteiger partial charge in [0.15, 0.2) is 12.0 Å². The smallest absolute Gasteiger partial charge is 0.358 e. The minimum Gasteiger partial charge on any atom is -0.461 e. The summed E-state index contributed by atoms with van der Waals surface area (Å²) in [7, 11) is 0. The third-order valence-electron chi connectivity index (χ3n) is 2.45. The van der Waals surface area contributed by atoms with Crippen LogP contribution in [0, 0.1) is 6.92 Å². The van der Waals surface area contributed by atoms with Crippen LogP contribution < -0.4 is 0 Å². The molecule has 0 spiro atoms. The van der Waals surface area contributed by atoms with Gasteiger partial charge in [-0.25, -0.2) is 9.78 Å². The molecular formula is C12H12N2O3. The first kappa shape index (κ1) is 11.3. The summed E-state index contributed by atoms with van der Waals surface area (Å²) in [5, 5.41) is 0. The van der Waals surface area contributed by atoms with Crippen LogP contribution in [-0.2, 0) is 4.74 Å². The summed E-state index contributed by atoms with van der Waals surface area (Å²) >= 11 is 0. The van der Waals surface area contributed by atoms with Crippen molar-refractivity contribution in [3.8, 4) is 0 Å². The normalized spacial score (nSPS) is 10.5. The van der Waals surface area contributed by atoms with Gasteiger partial charge in [0.05, 0.1) is 6.61 Å². The molecule has 0 fully saturated rings. The van der Waals surface area contributed by atoms with Gasteiger partial charge in [-0.05, 0) is 25.5 Å². The van der Waals surface area contributed by atoms with Crippen molar-refractivity contribution in [2.45, 2.75) is 13.8 Å². The number of rotatable bonds is 3. The van der Waals surface area contributed by atoms with Crippen LogP contribution >= 0.6 is 0 Å². The molecule has 0 saturated carbocycles. The zero-order valence-corrected chi connectivity index (χ0v) is 9.64. The van der Waals surface area contributed by atoms with E-state index in [1.54, 1.807) is 29.8 Å². The molecule has 0 N–H and O–H groups in total. The molecule has 2 heterocycles. The number of aromatic nitrogens is 2. The number of fused-ring (bicyclic) bond motifs is 1. The van der Waals surface area contributed by atoms with Gasteiger partial charge in [0.2, 0.25) is 0 Å². The summed E-state index contributed by atoms with van der Waals surface area (Å²) < 4.78 is 6.50. The zero-order chi connectivity index (χ0) is 12.4. The van der Waals surface area contributed by atoms with E-state index in [0.717, 1.165) is 11.8 Å². The average Bonchev–Trinajstić information content (AvgIpc) is 2.71. The SMILES string of the molecule is CCOC(=O)c1cn2cc(C=O)c(C)cc2n1. The van der Waals surface area contributed by atoms with Crippen LogP contribution in [0.4, 0.5) is 0 Å². The number of carbonyl (C=O) groups is 2. The van der Waals surface area contributed by atoms with Crippen molar-refractivity contribution in [2.24, 2.45) is 0 Å². The first-order valence-corrected chi connectivity index (χ1v) is 5.27. The van der Waals surface area contributed by atoms with Crippen molar-refractivity contribution >= 4 is 17.9 Å². The molecule has 2 aromatic rings. The molecule has 88 valence electrons. The number of imidazole rings is 1. The van der Waals surface area contributed by atoms with Crippen molar-refractivity contribution in [1.29, 1.82) is 0 Å². The number of pyridine rings is 1. The van der Waals surface area contributed by atoms with Crippen LogP contribution in [0.15, 0.2) is 18.5 Å². The van der Waals surface area contributed by atoms with Gasteiger partial charge in [-0.3, -0.25) is 4.79 Å². The van der Waals surface area contributed by atoms with Gasteiger partial charge in [0.25, 0.3) is 0 Å². The Morgan fingerprint density at radius 2 is 2.29 bits per heavy atom. The van der Waals surface area contributed by atoms with Crippen LogP contribution in [0.1, 0.15) is 33.3 Å². The molecule has 0 bridgehead atoms. The van der Waals surface area contributed by atoms with E-state index in [0.29, 0.717) is 17.8 Å². The standard InChI is InChI=1S/C12H12N2O3/c1-3-17-12(16)10-6-14-5-9(7-15)8(2)4-11(14)13-10/h4-7H,3H2,1-2H3. The second kappa shape index (κ2) is 4.37. The van der Waals surface area contributed by atoms with Gasteiger partial charge in [-0.1, -0.05) is 0 Å². The largest absolute Gasteiger partial charge is 0.461 e. The average molecular weight is 232 g/mol. The van der Waals surface area contributed by atoms with Gasteiger partial charge in [-0.2, -0.15) is 0 Å². The molecule has 0 aliphatic rings. The molecule has 0 unspecified atom stereocenters. The summed E-state index contributed by atoms with van der Waals surface area (Å²) in [5.41, 5.74) is 2.27. The van der Waals surface area contributed by atoms with E-state index in [2.05, 4.69) is 4.98 Å². The lowest BCUT2D eigenvalue weighted by molar-refractivity contribution is 0.0520. The van der Waals surface area contributed by atoms with Crippen LogP contribution in [0.25, 0.3) is 5.65 Å². The monoisotopic (exact) mass is 232 g/mol. The molecule has 5 nitrogen and oxygen atoms in total. The van der Waals surface area contributed by atoms with Crippen molar-refractivity contribution < 1.29 is 14.3 Å². The van der Waals surface area contributed by atoms with Gasteiger partial charge in [0, 0.05) is 18.0 Å². The molecule has 0 aliphatic carbocycles. The predicted octanol–water partition coefficient (Wildman–Crippen LogP) is 1.63. The molecule has 0 radical (unpaired) electrons. The molecule has 0 saturated heterocycles. The second-order valence-corrected chi connectivity index (χ2v) is 3.64. The van der Waals surface area contributed by atoms with E-state index >= 15 is 0 Å². The van der Waals surface area contributed by atoms with Gasteiger partial charge in [-0.15, -0.1) is 0 Å². The molecule has 0 amide bonds. The van der Waals surface area contributed by atoms with E-state index < -0.39 is 5.97 Å². The molecule has 2 aromatic heterocycles. The molecule has 0 aromatic carbocycles. The number of ether oxygens (including phenoxy) is 1. The summed E-state index contributed by atoms with van der Waals surface area (Å²) in [5.74, 6) is -0.457. The van der Waals surface area contributed by atoms with Crippen molar-refractivity contribution in [1.82, 2.24) is 9.38 Å². The minimum atomic E-state index is -0.457. The molecule has 5 heteroatoms. The van der Waals surface area contributed by atoms with Crippen molar-refractivity contribution in [2.75, 3.05) is 6.61 Å². The van der Waals surface area contributed by atoms with Crippen molar-refractivity contribution in [3.63, 3.8) is 0 Å².